The zero-order chi connectivity index (χ0) is 15.9. The predicted octanol–water partition coefficient (Wildman–Crippen LogP) is 3.90. The average Bonchev–Trinajstić information content (AvgIpc) is 3.10. The summed E-state index contributed by atoms with van der Waals surface area (Å²) in [5.74, 6) is 2.99. The molecule has 1 fully saturated rings. The molecule has 120 valence electrons. The molecule has 1 aromatic carbocycles. The summed E-state index contributed by atoms with van der Waals surface area (Å²) in [5, 5.41) is 3.37. The van der Waals surface area contributed by atoms with Gasteiger partial charge in [0.2, 0.25) is 0 Å². The van der Waals surface area contributed by atoms with Gasteiger partial charge in [-0.3, -0.25) is 4.98 Å². The fraction of sp³-hybridized carbons (Fsp3) is 0.316. The van der Waals surface area contributed by atoms with Crippen LogP contribution >= 0.6 is 11.8 Å². The maximum absolute atomic E-state index is 5.81. The van der Waals surface area contributed by atoms with E-state index in [1.807, 2.05) is 30.1 Å². The van der Waals surface area contributed by atoms with Gasteiger partial charge < -0.3 is 10.1 Å². The molecule has 1 aliphatic rings. The Hall–Kier alpha value is -1.94. The van der Waals surface area contributed by atoms with E-state index in [0.29, 0.717) is 6.61 Å². The summed E-state index contributed by atoms with van der Waals surface area (Å²) in [6, 6.07) is 12.5. The Morgan fingerprint density at radius 3 is 2.74 bits per heavy atom. The molecular formula is C19H22N2OS. The van der Waals surface area contributed by atoms with Crippen LogP contribution in [0.4, 0.5) is 0 Å². The standard InChI is InChI=1S/C19H22N2OS/c1-2-15-3-6-17(20-12-15)9-10-22-19-7-4-16(5-8-19)11-18-13-23-14-21-18/h3-8,11-12,21H,2,9-10,13-14H2,1H3. The van der Waals surface area contributed by atoms with Gasteiger partial charge >= 0.3 is 0 Å². The van der Waals surface area contributed by atoms with Crippen LogP contribution in [-0.2, 0) is 12.8 Å². The lowest BCUT2D eigenvalue weighted by atomic mass is 10.2. The third kappa shape index (κ3) is 4.76. The minimum atomic E-state index is 0.650. The summed E-state index contributed by atoms with van der Waals surface area (Å²) < 4.78 is 5.81. The number of hydrogen-bond donors (Lipinski definition) is 1. The van der Waals surface area contributed by atoms with Gasteiger partial charge in [-0.05, 0) is 41.8 Å². The second-order valence-electron chi connectivity index (χ2n) is 5.52. The van der Waals surface area contributed by atoms with E-state index in [-0.39, 0.29) is 0 Å². The number of ether oxygens (including phenoxy) is 1. The van der Waals surface area contributed by atoms with E-state index in [9.17, 15) is 0 Å². The first-order valence-corrected chi connectivity index (χ1v) is 9.18. The van der Waals surface area contributed by atoms with E-state index >= 15 is 0 Å². The first-order chi connectivity index (χ1) is 11.3. The molecule has 1 N–H and O–H groups in total. The largest absolute Gasteiger partial charge is 0.493 e. The van der Waals surface area contributed by atoms with Gasteiger partial charge in [0.15, 0.2) is 0 Å². The molecule has 1 aromatic heterocycles. The van der Waals surface area contributed by atoms with Gasteiger partial charge in [0, 0.05) is 29.8 Å². The topological polar surface area (TPSA) is 34.1 Å². The number of rotatable bonds is 6. The lowest BCUT2D eigenvalue weighted by Gasteiger charge is -2.07. The lowest BCUT2D eigenvalue weighted by Crippen LogP contribution is -2.04. The summed E-state index contributed by atoms with van der Waals surface area (Å²) >= 11 is 1.91. The number of nitrogens with one attached hydrogen (secondary N) is 1. The molecule has 0 saturated carbocycles. The Morgan fingerprint density at radius 2 is 2.09 bits per heavy atom. The fourth-order valence-electron chi connectivity index (χ4n) is 2.40. The minimum absolute atomic E-state index is 0.650. The molecule has 0 atom stereocenters. The molecular weight excluding hydrogens is 304 g/mol. The SMILES string of the molecule is CCc1ccc(CCOc2ccc(C=C3CSCN3)cc2)nc1. The highest BCUT2D eigenvalue weighted by atomic mass is 32.2. The smallest absolute Gasteiger partial charge is 0.119 e. The van der Waals surface area contributed by atoms with Gasteiger partial charge in [0.25, 0.3) is 0 Å². The Labute approximate surface area is 142 Å². The number of hydrogen-bond acceptors (Lipinski definition) is 4. The molecule has 0 aliphatic carbocycles. The summed E-state index contributed by atoms with van der Waals surface area (Å²) in [6.45, 7) is 2.79. The van der Waals surface area contributed by atoms with Crippen molar-refractivity contribution in [3.8, 4) is 5.75 Å². The number of aromatic nitrogens is 1. The van der Waals surface area contributed by atoms with Crippen molar-refractivity contribution in [1.82, 2.24) is 10.3 Å². The fourth-order valence-corrected chi connectivity index (χ4v) is 3.19. The molecule has 3 rings (SSSR count). The van der Waals surface area contributed by atoms with Crippen LogP contribution in [0.2, 0.25) is 0 Å². The second-order valence-corrected chi connectivity index (χ2v) is 6.50. The number of aryl methyl sites for hydroxylation is 1. The molecule has 1 aliphatic heterocycles. The van der Waals surface area contributed by atoms with Crippen LogP contribution in [-0.4, -0.2) is 23.2 Å². The Morgan fingerprint density at radius 1 is 1.22 bits per heavy atom. The third-order valence-electron chi connectivity index (χ3n) is 3.80. The van der Waals surface area contributed by atoms with Crippen LogP contribution in [0.15, 0.2) is 48.3 Å². The molecule has 2 aromatic rings. The molecule has 3 nitrogen and oxygen atoms in total. The summed E-state index contributed by atoms with van der Waals surface area (Å²) in [5.41, 5.74) is 4.85. The highest BCUT2D eigenvalue weighted by Gasteiger charge is 2.05. The predicted molar refractivity (Wildman–Crippen MR) is 97.7 cm³/mol. The second kappa shape index (κ2) is 8.06. The van der Waals surface area contributed by atoms with Crippen LogP contribution in [0.25, 0.3) is 6.08 Å². The maximum Gasteiger partial charge on any atom is 0.119 e. The van der Waals surface area contributed by atoms with Crippen LogP contribution in [0.5, 0.6) is 5.75 Å². The zero-order valence-corrected chi connectivity index (χ0v) is 14.2. The van der Waals surface area contributed by atoms with Gasteiger partial charge in [-0.2, -0.15) is 0 Å². The number of nitrogens with zero attached hydrogens (tertiary/aromatic N) is 1. The van der Waals surface area contributed by atoms with E-state index in [1.54, 1.807) is 0 Å². The molecule has 0 spiro atoms. The van der Waals surface area contributed by atoms with Crippen molar-refractivity contribution in [2.24, 2.45) is 0 Å². The van der Waals surface area contributed by atoms with Crippen molar-refractivity contribution in [3.63, 3.8) is 0 Å². The van der Waals surface area contributed by atoms with Crippen molar-refractivity contribution in [1.29, 1.82) is 0 Å². The van der Waals surface area contributed by atoms with Gasteiger partial charge in [0.05, 0.1) is 12.5 Å². The first kappa shape index (κ1) is 15.9. The van der Waals surface area contributed by atoms with Gasteiger partial charge in [-0.1, -0.05) is 25.1 Å². The van der Waals surface area contributed by atoms with Crippen LogP contribution in [0.3, 0.4) is 0 Å². The highest BCUT2D eigenvalue weighted by Crippen LogP contribution is 2.18. The van der Waals surface area contributed by atoms with Crippen LogP contribution in [0.1, 0.15) is 23.7 Å². The molecule has 4 heteroatoms. The molecule has 0 unspecified atom stereocenters. The maximum atomic E-state index is 5.81. The monoisotopic (exact) mass is 326 g/mol. The Balaban J connectivity index is 1.49. The quantitative estimate of drug-likeness (QED) is 0.873. The Kier molecular flexibility index (Phi) is 5.59. The lowest BCUT2D eigenvalue weighted by molar-refractivity contribution is 0.320. The Bertz CT molecular complexity index is 642. The molecule has 0 bridgehead atoms. The van der Waals surface area contributed by atoms with Gasteiger partial charge in [0.1, 0.15) is 5.75 Å². The molecule has 1 saturated heterocycles. The molecule has 23 heavy (non-hydrogen) atoms. The zero-order valence-electron chi connectivity index (χ0n) is 13.4. The number of benzene rings is 1. The van der Waals surface area contributed by atoms with Crippen LogP contribution < -0.4 is 10.1 Å². The van der Waals surface area contributed by atoms with Crippen molar-refractivity contribution >= 4 is 17.8 Å². The van der Waals surface area contributed by atoms with Gasteiger partial charge in [-0.15, -0.1) is 11.8 Å². The highest BCUT2D eigenvalue weighted by molar-refractivity contribution is 7.99. The average molecular weight is 326 g/mol. The first-order valence-electron chi connectivity index (χ1n) is 8.02. The number of thioether (sulfide) groups is 1. The van der Waals surface area contributed by atoms with Crippen LogP contribution in [0, 0.1) is 0 Å². The molecule has 0 radical (unpaired) electrons. The van der Waals surface area contributed by atoms with E-state index in [2.05, 4.69) is 47.6 Å². The summed E-state index contributed by atoms with van der Waals surface area (Å²) in [7, 11) is 0. The third-order valence-corrected chi connectivity index (χ3v) is 4.66. The van der Waals surface area contributed by atoms with Crippen molar-refractivity contribution in [3.05, 3.63) is 65.1 Å². The normalized spacial score (nSPS) is 15.6. The molecule has 2 heterocycles. The van der Waals surface area contributed by atoms with E-state index in [1.165, 1.54) is 16.8 Å². The van der Waals surface area contributed by atoms with Crippen molar-refractivity contribution in [2.45, 2.75) is 19.8 Å². The van der Waals surface area contributed by atoms with Gasteiger partial charge in [-0.25, -0.2) is 0 Å². The number of pyridine rings is 1. The van der Waals surface area contributed by atoms with Crippen molar-refractivity contribution in [2.75, 3.05) is 18.2 Å². The molecule has 0 amide bonds. The van der Waals surface area contributed by atoms with E-state index in [0.717, 1.165) is 35.9 Å². The summed E-state index contributed by atoms with van der Waals surface area (Å²) in [4.78, 5) is 4.46. The van der Waals surface area contributed by atoms with E-state index < -0.39 is 0 Å². The summed E-state index contributed by atoms with van der Waals surface area (Å²) in [6.07, 6.45) is 6.01. The minimum Gasteiger partial charge on any atom is -0.493 e. The van der Waals surface area contributed by atoms with Crippen molar-refractivity contribution < 1.29 is 4.74 Å². The van der Waals surface area contributed by atoms with E-state index in [4.69, 9.17) is 4.74 Å².